The molecule has 0 fully saturated rings. The molecular weight excluding hydrogens is 625 g/mol. The minimum absolute atomic E-state index is 0.0352. The Morgan fingerprint density at radius 2 is 0.810 bits per heavy atom. The third kappa shape index (κ3) is 5.64. The van der Waals surface area contributed by atoms with Crippen molar-refractivity contribution in [3.8, 4) is 0 Å². The molecule has 0 aromatic carbocycles. The van der Waals surface area contributed by atoms with Gasteiger partial charge in [0.15, 0.2) is 0 Å². The maximum Gasteiger partial charge on any atom is 0.459 e. The number of rotatable bonds is 11. The van der Waals surface area contributed by atoms with E-state index in [-0.39, 0.29) is 48.5 Å². The third-order valence-corrected chi connectivity index (χ3v) is 7.36. The zero-order valence-corrected chi connectivity index (χ0v) is 23.8. The summed E-state index contributed by atoms with van der Waals surface area (Å²) in [4.78, 5) is 10.4. The zero-order valence-electron chi connectivity index (χ0n) is 23.8. The van der Waals surface area contributed by atoms with Crippen LogP contribution in [0.2, 0.25) is 0 Å². The lowest BCUT2D eigenvalue weighted by Gasteiger charge is -2.57. The molecule has 0 aliphatic heterocycles. The highest BCUT2D eigenvalue weighted by Gasteiger charge is 2.85. The molecule has 2 unspecified atom stereocenters. The monoisotopic (exact) mass is 656 g/mol. The Bertz CT molecular complexity index is 1010. The van der Waals surface area contributed by atoms with Gasteiger partial charge in [0.1, 0.15) is 0 Å². The number of hydrogen-bond donors (Lipinski definition) is 1. The van der Waals surface area contributed by atoms with Crippen LogP contribution >= 0.6 is 0 Å². The minimum Gasteiger partial charge on any atom is -0.475 e. The molecule has 0 aromatic heterocycles. The highest BCUT2D eigenvalue weighted by Crippen LogP contribution is 2.68. The summed E-state index contributed by atoms with van der Waals surface area (Å²) in [6.07, 6.45) is -21.2. The molecule has 0 heterocycles. The highest BCUT2D eigenvalue weighted by molar-refractivity contribution is 5.73. The number of carboxylic acids is 1. The Balaban J connectivity index is 7.57. The van der Waals surface area contributed by atoms with E-state index in [4.69, 9.17) is 5.11 Å². The Morgan fingerprint density at radius 3 is 1.07 bits per heavy atom. The first-order valence-corrected chi connectivity index (χ1v) is 11.6. The molecule has 0 amide bonds. The first-order chi connectivity index (χ1) is 17.6. The molecule has 0 aromatic rings. The second-order valence-electron chi connectivity index (χ2n) is 12.7. The summed E-state index contributed by atoms with van der Waals surface area (Å²) < 4.78 is 225. The molecular formula is C23H31F15O4. The number of carboxylic acid groups (broad SMARTS) is 1. The molecule has 252 valence electrons. The first-order valence-electron chi connectivity index (χ1n) is 11.6. The fourth-order valence-corrected chi connectivity index (χ4v) is 3.48. The van der Waals surface area contributed by atoms with Gasteiger partial charge in [-0.2, -0.15) is 61.5 Å². The number of carbonyl (C=O) groups is 1. The molecule has 2 atom stereocenters. The van der Waals surface area contributed by atoms with E-state index >= 15 is 22.0 Å². The van der Waals surface area contributed by atoms with E-state index in [0.29, 0.717) is 20.8 Å². The zero-order chi connectivity index (χ0) is 35.0. The average molecular weight is 656 g/mol. The van der Waals surface area contributed by atoms with Gasteiger partial charge in [-0.1, -0.05) is 69.2 Å². The summed E-state index contributed by atoms with van der Waals surface area (Å²) in [5.74, 6) is -33.8. The molecule has 19 heteroatoms. The maximum absolute atomic E-state index is 16.2. The van der Waals surface area contributed by atoms with Gasteiger partial charge in [-0.15, -0.1) is 0 Å². The smallest absolute Gasteiger partial charge is 0.459 e. The second kappa shape index (κ2) is 10.2. The molecule has 0 bridgehead atoms. The lowest BCUT2D eigenvalue weighted by molar-refractivity contribution is -0.533. The van der Waals surface area contributed by atoms with Crippen LogP contribution in [-0.4, -0.2) is 58.9 Å². The van der Waals surface area contributed by atoms with Crippen LogP contribution in [0.4, 0.5) is 65.9 Å². The van der Waals surface area contributed by atoms with Gasteiger partial charge in [-0.25, -0.2) is 9.18 Å². The Labute approximate surface area is 230 Å². The molecule has 0 spiro atoms. The van der Waals surface area contributed by atoms with Gasteiger partial charge < -0.3 is 5.11 Å². The second-order valence-corrected chi connectivity index (χ2v) is 12.7. The summed E-state index contributed by atoms with van der Waals surface area (Å²) in [6.45, 7) is 2.24. The molecule has 0 aliphatic rings. The van der Waals surface area contributed by atoms with Crippen LogP contribution in [0.5, 0.6) is 0 Å². The van der Waals surface area contributed by atoms with Crippen LogP contribution in [0.15, 0.2) is 0 Å². The van der Waals surface area contributed by atoms with Crippen molar-refractivity contribution in [2.24, 2.45) is 21.7 Å². The molecule has 0 rings (SSSR count). The predicted octanol–water partition coefficient (Wildman–Crippen LogP) is 9.23. The van der Waals surface area contributed by atoms with E-state index in [9.17, 15) is 48.7 Å². The normalized spacial score (nSPS) is 18.9. The summed E-state index contributed by atoms with van der Waals surface area (Å²) >= 11 is 0. The summed E-state index contributed by atoms with van der Waals surface area (Å²) in [5.41, 5.74) is -13.9. The van der Waals surface area contributed by atoms with Crippen molar-refractivity contribution >= 4 is 5.97 Å². The maximum atomic E-state index is 16.2. The van der Waals surface area contributed by atoms with Gasteiger partial charge in [0, 0.05) is 21.7 Å². The molecule has 0 saturated carbocycles. The van der Waals surface area contributed by atoms with E-state index in [1.54, 1.807) is 0 Å². The highest BCUT2D eigenvalue weighted by atomic mass is 19.4. The fraction of sp³-hybridized carbons (Fsp3) is 0.957. The number of aliphatic carboxylic acids is 1. The van der Waals surface area contributed by atoms with Gasteiger partial charge in [0.2, 0.25) is 0 Å². The molecule has 4 nitrogen and oxygen atoms in total. The van der Waals surface area contributed by atoms with Gasteiger partial charge in [-0.3, -0.25) is 9.47 Å². The molecule has 0 aliphatic carbocycles. The summed E-state index contributed by atoms with van der Waals surface area (Å²) in [7, 11) is 0. The SMILES string of the molecule is CC(C)(C)C(F)(F)C(F)(F)C(C)(C)C(C)(C)C(F)(F)C(F)(OC(F)(F)C(F)(OC(F)(F)C(=O)O)C(F)(F)F)C(C)(C)C. The van der Waals surface area contributed by atoms with Gasteiger partial charge in [0.05, 0.1) is 0 Å². The number of alkyl halides is 15. The first kappa shape index (κ1) is 40.3. The van der Waals surface area contributed by atoms with Crippen molar-refractivity contribution in [3.63, 3.8) is 0 Å². The summed E-state index contributed by atoms with van der Waals surface area (Å²) in [5, 5.41) is 8.20. The third-order valence-electron chi connectivity index (χ3n) is 7.36. The van der Waals surface area contributed by atoms with Crippen LogP contribution in [0.3, 0.4) is 0 Å². The lowest BCUT2D eigenvalue weighted by atomic mass is 9.55. The minimum atomic E-state index is -7.46. The largest absolute Gasteiger partial charge is 0.475 e. The molecule has 1 N–H and O–H groups in total. The molecule has 42 heavy (non-hydrogen) atoms. The van der Waals surface area contributed by atoms with Gasteiger partial charge in [0.25, 0.3) is 5.85 Å². The van der Waals surface area contributed by atoms with Gasteiger partial charge in [-0.05, 0) is 0 Å². The van der Waals surface area contributed by atoms with Crippen LogP contribution in [0, 0.1) is 21.7 Å². The van der Waals surface area contributed by atoms with E-state index in [1.807, 2.05) is 0 Å². The number of ether oxygens (including phenoxy) is 2. The van der Waals surface area contributed by atoms with E-state index < -0.39 is 75.5 Å². The van der Waals surface area contributed by atoms with Crippen molar-refractivity contribution in [2.75, 3.05) is 0 Å². The molecule has 0 saturated heterocycles. The quantitative estimate of drug-likeness (QED) is 0.226. The lowest BCUT2D eigenvalue weighted by Crippen LogP contribution is -2.73. The van der Waals surface area contributed by atoms with E-state index in [0.717, 1.165) is 0 Å². The predicted molar refractivity (Wildman–Crippen MR) is 115 cm³/mol. The van der Waals surface area contributed by atoms with Crippen molar-refractivity contribution in [1.82, 2.24) is 0 Å². The van der Waals surface area contributed by atoms with Crippen LogP contribution in [0.25, 0.3) is 0 Å². The standard InChI is InChI=1S/C23H31F15O4/c1-12(2,3)17(26,27)18(28,29)14(7,8)15(9,10)19(30,31)20(32,13(4,5)6)42-23(37,38)21(33,22(34,35)36)41-16(24,25)11(39)40/h1-10H3,(H,39,40). The fourth-order valence-electron chi connectivity index (χ4n) is 3.48. The van der Waals surface area contributed by atoms with Crippen LogP contribution in [-0.2, 0) is 14.3 Å². The van der Waals surface area contributed by atoms with Crippen molar-refractivity contribution in [3.05, 3.63) is 0 Å². The van der Waals surface area contributed by atoms with E-state index in [2.05, 4.69) is 9.47 Å². The Morgan fingerprint density at radius 1 is 0.476 bits per heavy atom. The van der Waals surface area contributed by atoms with Crippen LogP contribution in [0.1, 0.15) is 69.2 Å². The van der Waals surface area contributed by atoms with Crippen LogP contribution < -0.4 is 0 Å². The summed E-state index contributed by atoms with van der Waals surface area (Å²) in [6, 6.07) is 0. The number of hydrogen-bond acceptors (Lipinski definition) is 3. The van der Waals surface area contributed by atoms with E-state index in [1.165, 1.54) is 0 Å². The van der Waals surface area contributed by atoms with Crippen molar-refractivity contribution in [2.45, 2.75) is 117 Å². The number of halogens is 15. The average Bonchev–Trinajstić information content (AvgIpc) is 2.69. The van der Waals surface area contributed by atoms with Crippen molar-refractivity contribution < 1.29 is 85.2 Å². The van der Waals surface area contributed by atoms with Crippen molar-refractivity contribution in [1.29, 1.82) is 0 Å². The molecule has 0 radical (unpaired) electrons. The van der Waals surface area contributed by atoms with Gasteiger partial charge >= 0.3 is 48.0 Å². The Kier molecular flexibility index (Phi) is 9.79. The topological polar surface area (TPSA) is 55.8 Å². The Hall–Kier alpha value is -1.66.